The van der Waals surface area contributed by atoms with Crippen molar-refractivity contribution in [2.45, 2.75) is 32.4 Å². The Morgan fingerprint density at radius 3 is 2.46 bits per heavy atom. The highest BCUT2D eigenvalue weighted by Gasteiger charge is 2.21. The number of fused-ring (bicyclic) bond motifs is 1. The second-order valence-corrected chi connectivity index (χ2v) is 10.6. The minimum atomic E-state index is 0.108. The van der Waals surface area contributed by atoms with Gasteiger partial charge in [-0.1, -0.05) is 52.3 Å². The third-order valence-electron chi connectivity index (χ3n) is 7.08. The summed E-state index contributed by atoms with van der Waals surface area (Å²) in [5.74, 6) is 1.86. The Balaban J connectivity index is 1.54. The van der Waals surface area contributed by atoms with Crippen LogP contribution in [0.25, 0.3) is 0 Å². The van der Waals surface area contributed by atoms with E-state index in [2.05, 4.69) is 62.5 Å². The maximum atomic E-state index is 13.7. The van der Waals surface area contributed by atoms with Crippen LogP contribution in [0.1, 0.15) is 29.5 Å². The van der Waals surface area contributed by atoms with Crippen LogP contribution < -0.4 is 19.5 Å². The monoisotopic (exact) mass is 595 g/mol. The van der Waals surface area contributed by atoms with Crippen molar-refractivity contribution in [1.82, 2.24) is 9.80 Å². The Bertz CT molecular complexity index is 1240. The molecule has 7 nitrogen and oxygen atoms in total. The number of rotatable bonds is 8. The van der Waals surface area contributed by atoms with Crippen molar-refractivity contribution in [3.8, 4) is 17.2 Å². The van der Waals surface area contributed by atoms with Crippen molar-refractivity contribution in [3.05, 3.63) is 81.8 Å². The Morgan fingerprint density at radius 1 is 0.923 bits per heavy atom. The molecule has 0 bridgehead atoms. The van der Waals surface area contributed by atoms with Gasteiger partial charge in [0.15, 0.2) is 11.5 Å². The molecule has 208 valence electrons. The van der Waals surface area contributed by atoms with E-state index < -0.39 is 0 Å². The van der Waals surface area contributed by atoms with E-state index in [0.717, 1.165) is 53.9 Å². The van der Waals surface area contributed by atoms with E-state index in [1.807, 2.05) is 29.2 Å². The first-order valence-corrected chi connectivity index (χ1v) is 14.2. The largest absolute Gasteiger partial charge is 0.493 e. The van der Waals surface area contributed by atoms with Gasteiger partial charge in [0.05, 0.1) is 21.3 Å². The molecule has 1 aliphatic heterocycles. The summed E-state index contributed by atoms with van der Waals surface area (Å²) < 4.78 is 17.6. The van der Waals surface area contributed by atoms with Crippen molar-refractivity contribution in [2.75, 3.05) is 52.8 Å². The number of anilines is 1. The maximum absolute atomic E-state index is 13.7. The molecule has 1 aliphatic rings. The number of benzene rings is 3. The summed E-state index contributed by atoms with van der Waals surface area (Å²) in [5, 5.41) is 3.60. The first-order valence-electron chi connectivity index (χ1n) is 13.4. The SMILES string of the molecule is COc1ccc(CCC(=O)N2CCN(Cc3ccccc3)CCCNc3ccc(Br)cc3C2)c(OC)c1OC. The van der Waals surface area contributed by atoms with Gasteiger partial charge in [-0.3, -0.25) is 9.69 Å². The predicted octanol–water partition coefficient (Wildman–Crippen LogP) is 5.75. The number of amides is 1. The first kappa shape index (κ1) is 28.8. The molecule has 1 heterocycles. The van der Waals surface area contributed by atoms with E-state index in [1.165, 1.54) is 5.56 Å². The fraction of sp³-hybridized carbons (Fsp3) is 0.387. The Labute approximate surface area is 240 Å². The number of carbonyl (C=O) groups is 1. The maximum Gasteiger partial charge on any atom is 0.223 e. The molecule has 8 heteroatoms. The standard InChI is InChI=1S/C31H38BrN3O4/c1-37-28-14-10-24(30(38-2)31(28)39-3)11-15-29(36)35-19-18-34(21-23-8-5-4-6-9-23)17-7-16-33-27-13-12-26(32)20-25(27)22-35/h4-6,8-10,12-14,20,33H,7,11,15-19,21-22H2,1-3H3. The number of carbonyl (C=O) groups excluding carboxylic acids is 1. The Kier molecular flexibility index (Phi) is 10.5. The summed E-state index contributed by atoms with van der Waals surface area (Å²) in [6.07, 6.45) is 1.92. The fourth-order valence-electron chi connectivity index (χ4n) is 5.02. The minimum Gasteiger partial charge on any atom is -0.493 e. The number of nitrogens with one attached hydrogen (secondary N) is 1. The van der Waals surface area contributed by atoms with Gasteiger partial charge in [0.1, 0.15) is 0 Å². The van der Waals surface area contributed by atoms with Crippen molar-refractivity contribution in [1.29, 1.82) is 0 Å². The van der Waals surface area contributed by atoms with Gasteiger partial charge in [-0.2, -0.15) is 0 Å². The van der Waals surface area contributed by atoms with E-state index in [-0.39, 0.29) is 5.91 Å². The second kappa shape index (κ2) is 14.2. The molecule has 0 aromatic heterocycles. The fourth-order valence-corrected chi connectivity index (χ4v) is 5.43. The summed E-state index contributed by atoms with van der Waals surface area (Å²) in [6, 6.07) is 20.6. The predicted molar refractivity (Wildman–Crippen MR) is 159 cm³/mol. The average Bonchev–Trinajstić information content (AvgIpc) is 2.99. The molecule has 39 heavy (non-hydrogen) atoms. The van der Waals surface area contributed by atoms with Gasteiger partial charge in [-0.15, -0.1) is 0 Å². The van der Waals surface area contributed by atoms with E-state index >= 15 is 0 Å². The molecule has 0 saturated heterocycles. The molecule has 0 aliphatic carbocycles. The zero-order valence-corrected chi connectivity index (χ0v) is 24.6. The number of halogens is 1. The summed E-state index contributed by atoms with van der Waals surface area (Å²) in [4.78, 5) is 18.2. The molecule has 3 aromatic carbocycles. The van der Waals surface area contributed by atoms with Crippen LogP contribution in [0.5, 0.6) is 17.2 Å². The van der Waals surface area contributed by atoms with Crippen LogP contribution in [0.4, 0.5) is 5.69 Å². The third kappa shape index (κ3) is 7.67. The lowest BCUT2D eigenvalue weighted by Gasteiger charge is -2.28. The average molecular weight is 597 g/mol. The summed E-state index contributed by atoms with van der Waals surface area (Å²) in [7, 11) is 4.80. The molecule has 3 aromatic rings. The molecule has 1 amide bonds. The topological polar surface area (TPSA) is 63.3 Å². The van der Waals surface area contributed by atoms with Gasteiger partial charge in [0.2, 0.25) is 11.7 Å². The van der Waals surface area contributed by atoms with Gasteiger partial charge in [-0.05, 0) is 53.8 Å². The molecule has 1 N–H and O–H groups in total. The molecule has 0 radical (unpaired) electrons. The number of hydrogen-bond donors (Lipinski definition) is 1. The third-order valence-corrected chi connectivity index (χ3v) is 7.57. The van der Waals surface area contributed by atoms with E-state index in [1.54, 1.807) is 21.3 Å². The van der Waals surface area contributed by atoms with Crippen molar-refractivity contribution in [3.63, 3.8) is 0 Å². The number of aryl methyl sites for hydroxylation is 1. The van der Waals surface area contributed by atoms with Crippen LogP contribution in [0.2, 0.25) is 0 Å². The highest BCUT2D eigenvalue weighted by molar-refractivity contribution is 9.10. The van der Waals surface area contributed by atoms with Crippen LogP contribution in [-0.4, -0.2) is 63.2 Å². The highest BCUT2D eigenvalue weighted by Crippen LogP contribution is 2.40. The molecular formula is C31H38BrN3O4. The quantitative estimate of drug-likeness (QED) is 0.357. The molecule has 0 atom stereocenters. The van der Waals surface area contributed by atoms with Crippen LogP contribution in [0.15, 0.2) is 65.1 Å². The van der Waals surface area contributed by atoms with Crippen molar-refractivity contribution >= 4 is 27.5 Å². The minimum absolute atomic E-state index is 0.108. The van der Waals surface area contributed by atoms with Crippen LogP contribution >= 0.6 is 15.9 Å². The van der Waals surface area contributed by atoms with Crippen LogP contribution in [-0.2, 0) is 24.3 Å². The molecule has 0 unspecified atom stereocenters. The lowest BCUT2D eigenvalue weighted by molar-refractivity contribution is -0.132. The van der Waals surface area contributed by atoms with Gasteiger partial charge in [-0.25, -0.2) is 0 Å². The van der Waals surface area contributed by atoms with Gasteiger partial charge in [0.25, 0.3) is 0 Å². The van der Waals surface area contributed by atoms with E-state index in [0.29, 0.717) is 43.2 Å². The van der Waals surface area contributed by atoms with E-state index in [4.69, 9.17) is 14.2 Å². The first-order chi connectivity index (χ1) is 19.0. The van der Waals surface area contributed by atoms with Gasteiger partial charge < -0.3 is 24.4 Å². The summed E-state index contributed by atoms with van der Waals surface area (Å²) >= 11 is 3.62. The molecule has 0 fully saturated rings. The smallest absolute Gasteiger partial charge is 0.223 e. The lowest BCUT2D eigenvalue weighted by atomic mass is 10.1. The number of methoxy groups -OCH3 is 3. The van der Waals surface area contributed by atoms with Gasteiger partial charge >= 0.3 is 0 Å². The zero-order chi connectivity index (χ0) is 27.6. The van der Waals surface area contributed by atoms with Crippen LogP contribution in [0, 0.1) is 0 Å². The molecular weight excluding hydrogens is 558 g/mol. The van der Waals surface area contributed by atoms with Crippen molar-refractivity contribution in [2.24, 2.45) is 0 Å². The highest BCUT2D eigenvalue weighted by atomic mass is 79.9. The van der Waals surface area contributed by atoms with E-state index in [9.17, 15) is 4.79 Å². The Hall–Kier alpha value is -3.23. The summed E-state index contributed by atoms with van der Waals surface area (Å²) in [6.45, 7) is 4.71. The zero-order valence-electron chi connectivity index (χ0n) is 23.0. The number of ether oxygens (including phenoxy) is 3. The lowest BCUT2D eigenvalue weighted by Crippen LogP contribution is -2.38. The van der Waals surface area contributed by atoms with Crippen molar-refractivity contribution < 1.29 is 19.0 Å². The normalized spacial score (nSPS) is 14.5. The summed E-state index contributed by atoms with van der Waals surface area (Å²) in [5.41, 5.74) is 4.38. The number of nitrogens with zero attached hydrogens (tertiary/aromatic N) is 2. The van der Waals surface area contributed by atoms with Gasteiger partial charge in [0, 0.05) is 55.8 Å². The molecule has 0 saturated carbocycles. The molecule has 0 spiro atoms. The second-order valence-electron chi connectivity index (χ2n) is 9.65. The van der Waals surface area contributed by atoms with Crippen LogP contribution in [0.3, 0.4) is 0 Å². The molecule has 4 rings (SSSR count). The Morgan fingerprint density at radius 2 is 1.72 bits per heavy atom. The number of hydrogen-bond acceptors (Lipinski definition) is 6.